The third-order valence-electron chi connectivity index (χ3n) is 4.47. The van der Waals surface area contributed by atoms with Gasteiger partial charge >= 0.3 is 0 Å². The van der Waals surface area contributed by atoms with Gasteiger partial charge in [0.05, 0.1) is 16.4 Å². The third kappa shape index (κ3) is 4.67. The maximum Gasteiger partial charge on any atom is 0.171 e. The van der Waals surface area contributed by atoms with Crippen LogP contribution in [0.4, 0.5) is 10.1 Å². The van der Waals surface area contributed by atoms with Crippen LogP contribution in [0.3, 0.4) is 0 Å². The minimum atomic E-state index is -0.470. The molecule has 0 saturated heterocycles. The molecule has 0 saturated carbocycles. The Morgan fingerprint density at radius 3 is 2.40 bits per heavy atom. The number of nitrogens with zero attached hydrogens (tertiary/aromatic N) is 2. The van der Waals surface area contributed by atoms with Gasteiger partial charge in [-0.05, 0) is 42.5 Å². The highest BCUT2D eigenvalue weighted by Crippen LogP contribution is 2.24. The number of hydrogen-bond acceptors (Lipinski definition) is 2. The molecule has 1 aromatic heterocycles. The van der Waals surface area contributed by atoms with E-state index in [1.54, 1.807) is 6.07 Å². The zero-order valence-electron chi connectivity index (χ0n) is 15.8. The van der Waals surface area contributed by atoms with Gasteiger partial charge in [0.15, 0.2) is 5.11 Å². The standard InChI is InChI=1S/C23H18ClFN4S/c24-20-13-18(11-12-21(20)25)27-23(30)26-14-17-15-29(19-9-5-2-6-10-19)28-22(17)16-7-3-1-4-8-16/h1-13,15H,14H2,(H2,26,27,30). The molecule has 0 amide bonds. The highest BCUT2D eigenvalue weighted by molar-refractivity contribution is 7.80. The number of nitrogens with one attached hydrogen (secondary N) is 2. The van der Waals surface area contributed by atoms with E-state index >= 15 is 0 Å². The van der Waals surface area contributed by atoms with Gasteiger partial charge in [0.1, 0.15) is 5.82 Å². The summed E-state index contributed by atoms with van der Waals surface area (Å²) in [6.07, 6.45) is 1.99. The Hall–Kier alpha value is -3.22. The monoisotopic (exact) mass is 436 g/mol. The smallest absolute Gasteiger partial charge is 0.171 e. The molecule has 0 atom stereocenters. The Bertz CT molecular complexity index is 1160. The molecule has 4 aromatic rings. The Labute approximate surface area is 184 Å². The molecule has 4 rings (SSSR count). The van der Waals surface area contributed by atoms with Crippen molar-refractivity contribution in [1.82, 2.24) is 15.1 Å². The summed E-state index contributed by atoms with van der Waals surface area (Å²) in [7, 11) is 0. The lowest BCUT2D eigenvalue weighted by atomic mass is 10.1. The lowest BCUT2D eigenvalue weighted by Gasteiger charge is -2.11. The predicted octanol–water partition coefficient (Wildman–Crippen LogP) is 5.82. The molecular formula is C23H18ClFN4S. The fourth-order valence-corrected chi connectivity index (χ4v) is 3.39. The number of thiocarbonyl (C=S) groups is 1. The van der Waals surface area contributed by atoms with Gasteiger partial charge < -0.3 is 10.6 Å². The van der Waals surface area contributed by atoms with Gasteiger partial charge in [-0.1, -0.05) is 60.1 Å². The zero-order chi connectivity index (χ0) is 20.9. The van der Waals surface area contributed by atoms with Gasteiger partial charge in [-0.25, -0.2) is 9.07 Å². The van der Waals surface area contributed by atoms with E-state index in [4.69, 9.17) is 28.9 Å². The van der Waals surface area contributed by atoms with E-state index in [-0.39, 0.29) is 5.02 Å². The van der Waals surface area contributed by atoms with Crippen LogP contribution in [0.2, 0.25) is 5.02 Å². The molecule has 0 aliphatic carbocycles. The van der Waals surface area contributed by atoms with E-state index in [9.17, 15) is 4.39 Å². The summed E-state index contributed by atoms with van der Waals surface area (Å²) in [5, 5.41) is 11.4. The number of rotatable bonds is 5. The van der Waals surface area contributed by atoms with Gasteiger partial charge in [-0.3, -0.25) is 0 Å². The minimum absolute atomic E-state index is 0.0401. The first kappa shape index (κ1) is 20.1. The second kappa shape index (κ2) is 9.07. The number of benzene rings is 3. The van der Waals surface area contributed by atoms with E-state index in [1.165, 1.54) is 12.1 Å². The van der Waals surface area contributed by atoms with Crippen LogP contribution in [0.15, 0.2) is 85.1 Å². The van der Waals surface area contributed by atoms with E-state index in [0.29, 0.717) is 17.3 Å². The lowest BCUT2D eigenvalue weighted by molar-refractivity contribution is 0.628. The van der Waals surface area contributed by atoms with Crippen LogP contribution in [-0.4, -0.2) is 14.9 Å². The van der Waals surface area contributed by atoms with Crippen LogP contribution in [0.5, 0.6) is 0 Å². The van der Waals surface area contributed by atoms with Crippen LogP contribution in [-0.2, 0) is 6.54 Å². The fourth-order valence-electron chi connectivity index (χ4n) is 3.02. The molecule has 0 bridgehead atoms. The Kier molecular flexibility index (Phi) is 6.07. The molecule has 0 fully saturated rings. The maximum absolute atomic E-state index is 13.3. The summed E-state index contributed by atoms with van der Waals surface area (Å²) in [4.78, 5) is 0. The number of para-hydroxylation sites is 1. The van der Waals surface area contributed by atoms with Crippen LogP contribution < -0.4 is 10.6 Å². The normalized spacial score (nSPS) is 10.6. The van der Waals surface area contributed by atoms with E-state index < -0.39 is 5.82 Å². The third-order valence-corrected chi connectivity index (χ3v) is 5.01. The van der Waals surface area contributed by atoms with E-state index in [0.717, 1.165) is 22.5 Å². The van der Waals surface area contributed by atoms with Gasteiger partial charge in [0.25, 0.3) is 0 Å². The Morgan fingerprint density at radius 1 is 1.00 bits per heavy atom. The van der Waals surface area contributed by atoms with Crippen LogP contribution >= 0.6 is 23.8 Å². The zero-order valence-corrected chi connectivity index (χ0v) is 17.4. The van der Waals surface area contributed by atoms with Crippen molar-refractivity contribution in [2.75, 3.05) is 5.32 Å². The van der Waals surface area contributed by atoms with Crippen molar-refractivity contribution in [2.45, 2.75) is 6.54 Å². The molecule has 2 N–H and O–H groups in total. The molecule has 7 heteroatoms. The molecule has 0 unspecified atom stereocenters. The highest BCUT2D eigenvalue weighted by Gasteiger charge is 2.13. The quantitative estimate of drug-likeness (QED) is 0.387. The number of anilines is 1. The molecule has 0 aliphatic rings. The molecule has 1 heterocycles. The summed E-state index contributed by atoms with van der Waals surface area (Å²) in [6.45, 7) is 0.470. The van der Waals surface area contributed by atoms with Gasteiger partial charge in [-0.2, -0.15) is 5.10 Å². The Balaban J connectivity index is 1.54. The van der Waals surface area contributed by atoms with Gasteiger partial charge in [0, 0.05) is 29.6 Å². The summed E-state index contributed by atoms with van der Waals surface area (Å²) < 4.78 is 15.2. The van der Waals surface area contributed by atoms with Crippen LogP contribution in [0.25, 0.3) is 16.9 Å². The van der Waals surface area contributed by atoms with E-state index in [2.05, 4.69) is 10.6 Å². The topological polar surface area (TPSA) is 41.9 Å². The van der Waals surface area contributed by atoms with Gasteiger partial charge in [0.2, 0.25) is 0 Å². The average Bonchev–Trinajstić information content (AvgIpc) is 3.20. The lowest BCUT2D eigenvalue weighted by Crippen LogP contribution is -2.28. The SMILES string of the molecule is Fc1ccc(NC(=S)NCc2cn(-c3ccccc3)nc2-c2ccccc2)cc1Cl. The van der Waals surface area contributed by atoms with Crippen molar-refractivity contribution < 1.29 is 4.39 Å². The van der Waals surface area contributed by atoms with E-state index in [1.807, 2.05) is 71.5 Å². The fraction of sp³-hybridized carbons (Fsp3) is 0.0435. The van der Waals surface area contributed by atoms with Crippen molar-refractivity contribution in [3.63, 3.8) is 0 Å². The number of aromatic nitrogens is 2. The minimum Gasteiger partial charge on any atom is -0.358 e. The van der Waals surface area contributed by atoms with Crippen molar-refractivity contribution in [3.05, 3.63) is 101 Å². The first-order valence-corrected chi connectivity index (χ1v) is 10.1. The summed E-state index contributed by atoms with van der Waals surface area (Å²) in [5.74, 6) is -0.470. The number of hydrogen-bond donors (Lipinski definition) is 2. The Morgan fingerprint density at radius 2 is 1.70 bits per heavy atom. The first-order valence-electron chi connectivity index (χ1n) is 9.29. The molecule has 4 nitrogen and oxygen atoms in total. The van der Waals surface area contributed by atoms with Crippen molar-refractivity contribution in [3.8, 4) is 16.9 Å². The predicted molar refractivity (Wildman–Crippen MR) is 123 cm³/mol. The van der Waals surface area contributed by atoms with Crippen molar-refractivity contribution >= 4 is 34.6 Å². The van der Waals surface area contributed by atoms with Crippen LogP contribution in [0, 0.1) is 5.82 Å². The second-order valence-corrected chi connectivity index (χ2v) is 7.40. The molecule has 150 valence electrons. The largest absolute Gasteiger partial charge is 0.358 e. The maximum atomic E-state index is 13.3. The van der Waals surface area contributed by atoms with Gasteiger partial charge in [-0.15, -0.1) is 0 Å². The van der Waals surface area contributed by atoms with Crippen molar-refractivity contribution in [2.24, 2.45) is 0 Å². The second-order valence-electron chi connectivity index (χ2n) is 6.59. The first-order chi connectivity index (χ1) is 14.6. The van der Waals surface area contributed by atoms with Crippen molar-refractivity contribution in [1.29, 1.82) is 0 Å². The molecule has 30 heavy (non-hydrogen) atoms. The molecule has 0 aliphatic heterocycles. The summed E-state index contributed by atoms with van der Waals surface area (Å²) >= 11 is 11.2. The summed E-state index contributed by atoms with van der Waals surface area (Å²) in [5.41, 5.74) is 4.48. The van der Waals surface area contributed by atoms with Crippen LogP contribution in [0.1, 0.15) is 5.56 Å². The number of halogens is 2. The summed E-state index contributed by atoms with van der Waals surface area (Å²) in [6, 6.07) is 24.3. The molecule has 3 aromatic carbocycles. The molecular weight excluding hydrogens is 419 g/mol. The average molecular weight is 437 g/mol. The molecule has 0 radical (unpaired) electrons. The molecule has 0 spiro atoms. The highest BCUT2D eigenvalue weighted by atomic mass is 35.5.